The van der Waals surface area contributed by atoms with Crippen molar-refractivity contribution < 1.29 is 17.0 Å². The molecule has 1 aromatic heterocycles. The first kappa shape index (κ1) is 17.4. The highest BCUT2D eigenvalue weighted by Gasteiger charge is 2.26. The van der Waals surface area contributed by atoms with E-state index in [2.05, 4.69) is 4.98 Å². The average molecular weight is 357 g/mol. The molecule has 0 aliphatic carbocycles. The van der Waals surface area contributed by atoms with Crippen LogP contribution in [0.25, 0.3) is 22.4 Å². The summed E-state index contributed by atoms with van der Waals surface area (Å²) in [7, 11) is -3.90. The van der Waals surface area contributed by atoms with E-state index in [1.807, 2.05) is 44.2 Å². The van der Waals surface area contributed by atoms with Gasteiger partial charge in [0.1, 0.15) is 16.9 Å². The minimum atomic E-state index is -3.90. The standard InChI is InChI=1S/C19H19NO4S/c1-4-24-25(21,22)17-10-13(2)14(3)18(16-11-23-12-20-16)19(17)15-8-6-5-7-9-15/h5-12H,4H2,1-3H3. The molecule has 0 saturated heterocycles. The summed E-state index contributed by atoms with van der Waals surface area (Å²) < 4.78 is 35.7. The Morgan fingerprint density at radius 2 is 1.84 bits per heavy atom. The maximum Gasteiger partial charge on any atom is 0.297 e. The van der Waals surface area contributed by atoms with Gasteiger partial charge in [0.25, 0.3) is 10.1 Å². The summed E-state index contributed by atoms with van der Waals surface area (Å²) >= 11 is 0. The van der Waals surface area contributed by atoms with Crippen molar-refractivity contribution in [2.45, 2.75) is 25.7 Å². The molecule has 0 spiro atoms. The highest BCUT2D eigenvalue weighted by molar-refractivity contribution is 7.87. The van der Waals surface area contributed by atoms with Gasteiger partial charge in [0.05, 0.1) is 6.61 Å². The second-order valence-corrected chi connectivity index (χ2v) is 7.25. The topological polar surface area (TPSA) is 69.4 Å². The SMILES string of the molecule is CCOS(=O)(=O)c1cc(C)c(C)c(-c2cocn2)c1-c1ccccc1. The lowest BCUT2D eigenvalue weighted by atomic mass is 9.91. The van der Waals surface area contributed by atoms with E-state index < -0.39 is 10.1 Å². The van der Waals surface area contributed by atoms with Gasteiger partial charge >= 0.3 is 0 Å². The van der Waals surface area contributed by atoms with Crippen LogP contribution < -0.4 is 0 Å². The summed E-state index contributed by atoms with van der Waals surface area (Å²) in [6.45, 7) is 5.55. The molecule has 0 aliphatic heterocycles. The number of benzene rings is 2. The van der Waals surface area contributed by atoms with Gasteiger partial charge in [0.2, 0.25) is 0 Å². The van der Waals surface area contributed by atoms with Crippen LogP contribution in [0, 0.1) is 13.8 Å². The van der Waals surface area contributed by atoms with Crippen molar-refractivity contribution in [3.63, 3.8) is 0 Å². The molecule has 0 amide bonds. The summed E-state index contributed by atoms with van der Waals surface area (Å²) in [6, 6.07) is 11.0. The summed E-state index contributed by atoms with van der Waals surface area (Å²) in [5.74, 6) is 0. The van der Waals surface area contributed by atoms with Crippen LogP contribution in [0.4, 0.5) is 0 Å². The minimum Gasteiger partial charge on any atom is -0.451 e. The van der Waals surface area contributed by atoms with E-state index in [4.69, 9.17) is 8.60 Å². The van der Waals surface area contributed by atoms with Gasteiger partial charge in [0, 0.05) is 11.1 Å². The first-order valence-electron chi connectivity index (χ1n) is 7.93. The monoisotopic (exact) mass is 357 g/mol. The third-order valence-corrected chi connectivity index (χ3v) is 5.51. The second-order valence-electron chi connectivity index (χ2n) is 5.67. The van der Waals surface area contributed by atoms with Crippen molar-refractivity contribution in [1.29, 1.82) is 0 Å². The maximum absolute atomic E-state index is 12.7. The van der Waals surface area contributed by atoms with Gasteiger partial charge in [-0.25, -0.2) is 4.98 Å². The number of rotatable bonds is 5. The van der Waals surface area contributed by atoms with E-state index in [1.54, 1.807) is 13.0 Å². The van der Waals surface area contributed by atoms with E-state index in [1.165, 1.54) is 12.7 Å². The van der Waals surface area contributed by atoms with Crippen molar-refractivity contribution in [2.24, 2.45) is 0 Å². The molecule has 0 fully saturated rings. The molecule has 0 bridgehead atoms. The number of aryl methyl sites for hydroxylation is 1. The Balaban J connectivity index is 2.45. The van der Waals surface area contributed by atoms with Crippen LogP contribution in [0.1, 0.15) is 18.1 Å². The predicted octanol–water partition coefficient (Wildman–Crippen LogP) is 4.35. The van der Waals surface area contributed by atoms with E-state index in [-0.39, 0.29) is 11.5 Å². The normalized spacial score (nSPS) is 11.6. The van der Waals surface area contributed by atoms with E-state index in [9.17, 15) is 8.42 Å². The second kappa shape index (κ2) is 6.82. The Kier molecular flexibility index (Phi) is 4.74. The van der Waals surface area contributed by atoms with Crippen LogP contribution in [0.5, 0.6) is 0 Å². The fourth-order valence-corrected chi connectivity index (χ4v) is 4.08. The minimum absolute atomic E-state index is 0.0722. The van der Waals surface area contributed by atoms with Crippen LogP contribution in [-0.2, 0) is 14.3 Å². The van der Waals surface area contributed by atoms with Crippen molar-refractivity contribution in [2.75, 3.05) is 6.61 Å². The summed E-state index contributed by atoms with van der Waals surface area (Å²) in [5.41, 5.74) is 4.47. The zero-order valence-electron chi connectivity index (χ0n) is 14.3. The molecular formula is C19H19NO4S. The molecule has 0 saturated carbocycles. The number of hydrogen-bond acceptors (Lipinski definition) is 5. The van der Waals surface area contributed by atoms with Crippen molar-refractivity contribution in [3.8, 4) is 22.4 Å². The molecule has 0 atom stereocenters. The average Bonchev–Trinajstić information content (AvgIpc) is 3.11. The highest BCUT2D eigenvalue weighted by Crippen LogP contribution is 2.40. The fourth-order valence-electron chi connectivity index (χ4n) is 2.85. The van der Waals surface area contributed by atoms with E-state index in [0.717, 1.165) is 22.3 Å². The van der Waals surface area contributed by atoms with E-state index in [0.29, 0.717) is 11.3 Å². The maximum atomic E-state index is 12.7. The smallest absolute Gasteiger partial charge is 0.297 e. The molecule has 3 rings (SSSR count). The Morgan fingerprint density at radius 3 is 2.44 bits per heavy atom. The van der Waals surface area contributed by atoms with Gasteiger partial charge in [0.15, 0.2) is 6.39 Å². The van der Waals surface area contributed by atoms with Gasteiger partial charge in [-0.1, -0.05) is 30.3 Å². The van der Waals surface area contributed by atoms with E-state index >= 15 is 0 Å². The summed E-state index contributed by atoms with van der Waals surface area (Å²) in [4.78, 5) is 4.38. The lowest BCUT2D eigenvalue weighted by Gasteiger charge is -2.18. The zero-order chi connectivity index (χ0) is 18.0. The number of nitrogens with zero attached hydrogens (tertiary/aromatic N) is 1. The Morgan fingerprint density at radius 1 is 1.12 bits per heavy atom. The van der Waals surface area contributed by atoms with Crippen molar-refractivity contribution in [3.05, 3.63) is 60.2 Å². The molecule has 130 valence electrons. The zero-order valence-corrected chi connectivity index (χ0v) is 15.1. The molecule has 5 nitrogen and oxygen atoms in total. The van der Waals surface area contributed by atoms with Gasteiger partial charge in [-0.05, 0) is 43.5 Å². The lowest BCUT2D eigenvalue weighted by Crippen LogP contribution is -2.10. The predicted molar refractivity (Wildman–Crippen MR) is 95.7 cm³/mol. The third kappa shape index (κ3) is 3.23. The number of oxazole rings is 1. The molecule has 25 heavy (non-hydrogen) atoms. The van der Waals surface area contributed by atoms with Crippen LogP contribution in [0.15, 0.2) is 58.4 Å². The Hall–Kier alpha value is -2.44. The van der Waals surface area contributed by atoms with Crippen LogP contribution in [-0.4, -0.2) is 20.0 Å². The molecular weight excluding hydrogens is 338 g/mol. The molecule has 2 aromatic carbocycles. The number of aromatic nitrogens is 1. The number of hydrogen-bond donors (Lipinski definition) is 0. The molecule has 3 aromatic rings. The largest absolute Gasteiger partial charge is 0.451 e. The highest BCUT2D eigenvalue weighted by atomic mass is 32.2. The summed E-state index contributed by atoms with van der Waals surface area (Å²) in [6.07, 6.45) is 2.86. The first-order valence-corrected chi connectivity index (χ1v) is 9.34. The Labute approximate surface area is 147 Å². The summed E-state index contributed by atoms with van der Waals surface area (Å²) in [5, 5.41) is 0. The quantitative estimate of drug-likeness (QED) is 0.635. The van der Waals surface area contributed by atoms with Gasteiger partial charge in [-0.3, -0.25) is 4.18 Å². The van der Waals surface area contributed by atoms with Crippen LogP contribution in [0.2, 0.25) is 0 Å². The fraction of sp³-hybridized carbons (Fsp3) is 0.211. The molecule has 1 heterocycles. The molecule has 0 aliphatic rings. The molecule has 6 heteroatoms. The molecule has 0 radical (unpaired) electrons. The van der Waals surface area contributed by atoms with Crippen molar-refractivity contribution >= 4 is 10.1 Å². The van der Waals surface area contributed by atoms with Gasteiger partial charge in [-0.15, -0.1) is 0 Å². The van der Waals surface area contributed by atoms with Crippen molar-refractivity contribution in [1.82, 2.24) is 4.98 Å². The van der Waals surface area contributed by atoms with Gasteiger partial charge in [-0.2, -0.15) is 8.42 Å². The molecule has 0 unspecified atom stereocenters. The molecule has 0 N–H and O–H groups in total. The van der Waals surface area contributed by atoms with Crippen LogP contribution in [0.3, 0.4) is 0 Å². The third-order valence-electron chi connectivity index (χ3n) is 4.10. The first-order chi connectivity index (χ1) is 12.0. The lowest BCUT2D eigenvalue weighted by molar-refractivity contribution is 0.338. The van der Waals surface area contributed by atoms with Gasteiger partial charge < -0.3 is 4.42 Å². The van der Waals surface area contributed by atoms with Crippen LogP contribution >= 0.6 is 0 Å². The Bertz CT molecular complexity index is 978.